The van der Waals surface area contributed by atoms with E-state index >= 15 is 0 Å². The molecule has 0 amide bonds. The molecule has 5 heteroatoms. The average Bonchev–Trinajstić information content (AvgIpc) is 2.53. The van der Waals surface area contributed by atoms with Gasteiger partial charge in [0.05, 0.1) is 5.69 Å². The highest BCUT2D eigenvalue weighted by molar-refractivity contribution is 5.67. The summed E-state index contributed by atoms with van der Waals surface area (Å²) in [7, 11) is 0. The first-order valence-electron chi connectivity index (χ1n) is 4.29. The SMILES string of the molecule is Cc1[nH]nc(-c2cccc(F)c2F)c1O. The highest BCUT2D eigenvalue weighted by Gasteiger charge is 2.16. The number of aryl methyl sites for hydroxylation is 1. The van der Waals surface area contributed by atoms with Crippen molar-refractivity contribution in [3.8, 4) is 17.0 Å². The van der Waals surface area contributed by atoms with E-state index in [1.807, 2.05) is 0 Å². The third-order valence-electron chi connectivity index (χ3n) is 2.12. The monoisotopic (exact) mass is 210 g/mol. The largest absolute Gasteiger partial charge is 0.504 e. The van der Waals surface area contributed by atoms with E-state index in [9.17, 15) is 13.9 Å². The zero-order valence-corrected chi connectivity index (χ0v) is 7.88. The Morgan fingerprint density at radius 2 is 2.07 bits per heavy atom. The number of nitrogens with one attached hydrogen (secondary N) is 1. The zero-order chi connectivity index (χ0) is 11.0. The molecule has 0 aliphatic carbocycles. The molecule has 1 aromatic heterocycles. The summed E-state index contributed by atoms with van der Waals surface area (Å²) in [6, 6.07) is 3.72. The van der Waals surface area contributed by atoms with Crippen LogP contribution in [0.5, 0.6) is 5.75 Å². The molecule has 1 aromatic carbocycles. The second kappa shape index (κ2) is 3.34. The van der Waals surface area contributed by atoms with Crippen molar-refractivity contribution in [2.24, 2.45) is 0 Å². The summed E-state index contributed by atoms with van der Waals surface area (Å²) in [6.07, 6.45) is 0. The summed E-state index contributed by atoms with van der Waals surface area (Å²) in [5, 5.41) is 15.7. The van der Waals surface area contributed by atoms with Crippen LogP contribution in [0.25, 0.3) is 11.3 Å². The van der Waals surface area contributed by atoms with Gasteiger partial charge in [-0.1, -0.05) is 6.07 Å². The number of rotatable bonds is 1. The summed E-state index contributed by atoms with van der Waals surface area (Å²) < 4.78 is 26.2. The number of aromatic nitrogens is 2. The topological polar surface area (TPSA) is 48.9 Å². The molecule has 0 aliphatic rings. The van der Waals surface area contributed by atoms with Gasteiger partial charge in [0.2, 0.25) is 0 Å². The summed E-state index contributed by atoms with van der Waals surface area (Å²) in [5.41, 5.74) is 0.370. The Balaban J connectivity index is 2.64. The molecule has 0 fully saturated rings. The highest BCUT2D eigenvalue weighted by Crippen LogP contribution is 2.31. The molecular formula is C10H8F2N2O. The van der Waals surface area contributed by atoms with Crippen molar-refractivity contribution in [3.05, 3.63) is 35.5 Å². The van der Waals surface area contributed by atoms with Crippen LogP contribution >= 0.6 is 0 Å². The quantitative estimate of drug-likeness (QED) is 0.759. The fraction of sp³-hybridized carbons (Fsp3) is 0.100. The van der Waals surface area contributed by atoms with Crippen molar-refractivity contribution >= 4 is 0 Å². The maximum Gasteiger partial charge on any atom is 0.168 e. The summed E-state index contributed by atoms with van der Waals surface area (Å²) in [6.45, 7) is 1.59. The molecule has 2 rings (SSSR count). The van der Waals surface area contributed by atoms with Gasteiger partial charge < -0.3 is 5.11 Å². The molecular weight excluding hydrogens is 202 g/mol. The Morgan fingerprint density at radius 3 is 2.67 bits per heavy atom. The van der Waals surface area contributed by atoms with Gasteiger partial charge in [-0.05, 0) is 19.1 Å². The Labute approximate surface area is 84.4 Å². The minimum atomic E-state index is -1.01. The van der Waals surface area contributed by atoms with Crippen LogP contribution in [0.2, 0.25) is 0 Å². The zero-order valence-electron chi connectivity index (χ0n) is 7.88. The van der Waals surface area contributed by atoms with Crippen molar-refractivity contribution in [1.29, 1.82) is 0 Å². The van der Waals surface area contributed by atoms with Gasteiger partial charge in [0.15, 0.2) is 17.4 Å². The molecule has 0 saturated carbocycles. The molecule has 0 saturated heterocycles. The number of H-pyrrole nitrogens is 1. The van der Waals surface area contributed by atoms with Gasteiger partial charge in [0.1, 0.15) is 5.69 Å². The van der Waals surface area contributed by atoms with E-state index in [1.54, 1.807) is 6.92 Å². The van der Waals surface area contributed by atoms with E-state index in [4.69, 9.17) is 0 Å². The van der Waals surface area contributed by atoms with E-state index in [1.165, 1.54) is 12.1 Å². The molecule has 0 aliphatic heterocycles. The Kier molecular flexibility index (Phi) is 2.15. The first-order valence-corrected chi connectivity index (χ1v) is 4.29. The summed E-state index contributed by atoms with van der Waals surface area (Å²) in [4.78, 5) is 0. The van der Waals surface area contributed by atoms with Crippen molar-refractivity contribution in [2.45, 2.75) is 6.92 Å². The van der Waals surface area contributed by atoms with Crippen LogP contribution in [-0.4, -0.2) is 15.3 Å². The molecule has 1 heterocycles. The highest BCUT2D eigenvalue weighted by atomic mass is 19.2. The van der Waals surface area contributed by atoms with E-state index in [-0.39, 0.29) is 17.0 Å². The summed E-state index contributed by atoms with van der Waals surface area (Å²) >= 11 is 0. The molecule has 2 aromatic rings. The summed E-state index contributed by atoms with van der Waals surface area (Å²) in [5.74, 6) is -2.15. The molecule has 0 atom stereocenters. The van der Waals surface area contributed by atoms with E-state index < -0.39 is 11.6 Å². The number of hydrogen-bond acceptors (Lipinski definition) is 2. The average molecular weight is 210 g/mol. The van der Waals surface area contributed by atoms with Gasteiger partial charge in [0.25, 0.3) is 0 Å². The smallest absolute Gasteiger partial charge is 0.168 e. The van der Waals surface area contributed by atoms with Crippen molar-refractivity contribution in [3.63, 3.8) is 0 Å². The second-order valence-corrected chi connectivity index (χ2v) is 3.15. The first kappa shape index (κ1) is 9.64. The van der Waals surface area contributed by atoms with Crippen LogP contribution in [0.3, 0.4) is 0 Å². The molecule has 3 nitrogen and oxygen atoms in total. The first-order chi connectivity index (χ1) is 7.11. The molecule has 2 N–H and O–H groups in total. The van der Waals surface area contributed by atoms with Crippen LogP contribution in [-0.2, 0) is 0 Å². The number of benzene rings is 1. The molecule has 78 valence electrons. The standard InChI is InChI=1S/C10H8F2N2O/c1-5-10(15)9(14-13-5)6-3-2-4-7(11)8(6)12/h2-4,15H,1H3,(H,13,14). The van der Waals surface area contributed by atoms with E-state index in [0.717, 1.165) is 6.07 Å². The Morgan fingerprint density at radius 1 is 1.33 bits per heavy atom. The number of hydrogen-bond donors (Lipinski definition) is 2. The fourth-order valence-corrected chi connectivity index (χ4v) is 1.30. The Hall–Kier alpha value is -1.91. The number of aromatic amines is 1. The Bertz CT molecular complexity index is 508. The maximum absolute atomic E-state index is 13.3. The molecule has 0 radical (unpaired) electrons. The minimum Gasteiger partial charge on any atom is -0.504 e. The third kappa shape index (κ3) is 1.45. The lowest BCUT2D eigenvalue weighted by molar-refractivity contribution is 0.471. The lowest BCUT2D eigenvalue weighted by atomic mass is 10.1. The predicted octanol–water partition coefficient (Wildman–Crippen LogP) is 2.37. The number of nitrogens with zero attached hydrogens (tertiary/aromatic N) is 1. The number of halogens is 2. The van der Waals surface area contributed by atoms with Gasteiger partial charge in [-0.2, -0.15) is 5.10 Å². The van der Waals surface area contributed by atoms with Crippen LogP contribution in [0, 0.1) is 18.6 Å². The predicted molar refractivity (Wildman–Crippen MR) is 50.3 cm³/mol. The maximum atomic E-state index is 13.3. The fourth-order valence-electron chi connectivity index (χ4n) is 1.30. The molecule has 0 spiro atoms. The van der Waals surface area contributed by atoms with Gasteiger partial charge in [-0.3, -0.25) is 5.10 Å². The van der Waals surface area contributed by atoms with E-state index in [2.05, 4.69) is 10.2 Å². The lowest BCUT2D eigenvalue weighted by Crippen LogP contribution is -1.89. The van der Waals surface area contributed by atoms with Gasteiger partial charge >= 0.3 is 0 Å². The lowest BCUT2D eigenvalue weighted by Gasteiger charge is -2.00. The molecule has 15 heavy (non-hydrogen) atoms. The van der Waals surface area contributed by atoms with Crippen molar-refractivity contribution in [2.75, 3.05) is 0 Å². The number of aromatic hydroxyl groups is 1. The van der Waals surface area contributed by atoms with Crippen molar-refractivity contribution in [1.82, 2.24) is 10.2 Å². The normalized spacial score (nSPS) is 10.6. The minimum absolute atomic E-state index is 0.0181. The molecule has 0 unspecified atom stereocenters. The van der Waals surface area contributed by atoms with Crippen LogP contribution in [0.15, 0.2) is 18.2 Å². The van der Waals surface area contributed by atoms with Crippen LogP contribution < -0.4 is 0 Å². The van der Waals surface area contributed by atoms with Gasteiger partial charge in [-0.15, -0.1) is 0 Å². The van der Waals surface area contributed by atoms with Gasteiger partial charge in [-0.25, -0.2) is 8.78 Å². The van der Waals surface area contributed by atoms with Crippen molar-refractivity contribution < 1.29 is 13.9 Å². The van der Waals surface area contributed by atoms with Crippen LogP contribution in [0.1, 0.15) is 5.69 Å². The van der Waals surface area contributed by atoms with Gasteiger partial charge in [0, 0.05) is 5.56 Å². The second-order valence-electron chi connectivity index (χ2n) is 3.15. The van der Waals surface area contributed by atoms with E-state index in [0.29, 0.717) is 5.69 Å². The third-order valence-corrected chi connectivity index (χ3v) is 2.12. The van der Waals surface area contributed by atoms with Crippen LogP contribution in [0.4, 0.5) is 8.78 Å². The molecule has 0 bridgehead atoms.